The SMILES string of the molecule is CNC1CCCc2cn(Cc3nnc(C)o3)cc21. The van der Waals surface area contributed by atoms with Gasteiger partial charge in [0.15, 0.2) is 0 Å². The van der Waals surface area contributed by atoms with Crippen molar-refractivity contribution in [2.45, 2.75) is 38.8 Å². The van der Waals surface area contributed by atoms with Crippen LogP contribution in [0, 0.1) is 6.92 Å². The largest absolute Gasteiger partial charge is 0.424 e. The van der Waals surface area contributed by atoms with Crippen LogP contribution in [0.4, 0.5) is 0 Å². The molecular weight excluding hydrogens is 228 g/mol. The molecule has 0 bridgehead atoms. The van der Waals surface area contributed by atoms with Gasteiger partial charge in [0.25, 0.3) is 0 Å². The molecule has 1 unspecified atom stereocenters. The topological polar surface area (TPSA) is 55.9 Å². The summed E-state index contributed by atoms with van der Waals surface area (Å²) < 4.78 is 7.56. The van der Waals surface area contributed by atoms with Crippen molar-refractivity contribution < 1.29 is 4.42 Å². The summed E-state index contributed by atoms with van der Waals surface area (Å²) in [6.45, 7) is 2.47. The second-order valence-corrected chi connectivity index (χ2v) is 4.86. The van der Waals surface area contributed by atoms with Crippen molar-refractivity contribution in [2.75, 3.05) is 7.05 Å². The third-order valence-electron chi connectivity index (χ3n) is 3.55. The minimum atomic E-state index is 0.486. The van der Waals surface area contributed by atoms with Gasteiger partial charge in [0.2, 0.25) is 11.8 Å². The summed E-state index contributed by atoms with van der Waals surface area (Å²) in [5.41, 5.74) is 2.86. The minimum Gasteiger partial charge on any atom is -0.424 e. The van der Waals surface area contributed by atoms with E-state index >= 15 is 0 Å². The molecule has 1 aliphatic rings. The average Bonchev–Trinajstić information content (AvgIpc) is 2.94. The monoisotopic (exact) mass is 246 g/mol. The maximum atomic E-state index is 5.41. The van der Waals surface area contributed by atoms with Crippen molar-refractivity contribution in [1.29, 1.82) is 0 Å². The van der Waals surface area contributed by atoms with Crippen molar-refractivity contribution in [3.63, 3.8) is 0 Å². The van der Waals surface area contributed by atoms with Crippen LogP contribution in [0.3, 0.4) is 0 Å². The van der Waals surface area contributed by atoms with Gasteiger partial charge in [-0.1, -0.05) is 0 Å². The molecule has 0 aromatic carbocycles. The Hall–Kier alpha value is -1.62. The average molecular weight is 246 g/mol. The molecule has 0 spiro atoms. The smallest absolute Gasteiger partial charge is 0.236 e. The zero-order chi connectivity index (χ0) is 12.5. The summed E-state index contributed by atoms with van der Waals surface area (Å²) >= 11 is 0. The summed E-state index contributed by atoms with van der Waals surface area (Å²) in [7, 11) is 2.03. The standard InChI is InChI=1S/C13H18N4O/c1-9-15-16-13(18-9)8-17-6-10-4-3-5-12(14-2)11(10)7-17/h6-7,12,14H,3-5,8H2,1-2H3. The van der Waals surface area contributed by atoms with Crippen LogP contribution in [0.5, 0.6) is 0 Å². The second-order valence-electron chi connectivity index (χ2n) is 4.86. The zero-order valence-corrected chi connectivity index (χ0v) is 10.8. The Bertz CT molecular complexity index is 543. The Morgan fingerprint density at radius 3 is 3.06 bits per heavy atom. The summed E-state index contributed by atoms with van der Waals surface area (Å²) in [5.74, 6) is 1.29. The van der Waals surface area contributed by atoms with Crippen LogP contribution in [0.2, 0.25) is 0 Å². The van der Waals surface area contributed by atoms with Crippen molar-refractivity contribution >= 4 is 0 Å². The molecule has 1 atom stereocenters. The van der Waals surface area contributed by atoms with Crippen molar-refractivity contribution in [3.8, 4) is 0 Å². The minimum absolute atomic E-state index is 0.486. The zero-order valence-electron chi connectivity index (χ0n) is 10.8. The number of hydrogen-bond donors (Lipinski definition) is 1. The van der Waals surface area contributed by atoms with E-state index in [9.17, 15) is 0 Å². The molecule has 0 fully saturated rings. The van der Waals surface area contributed by atoms with Gasteiger partial charge in [0, 0.05) is 25.4 Å². The van der Waals surface area contributed by atoms with Crippen molar-refractivity contribution in [2.24, 2.45) is 0 Å². The first-order valence-electron chi connectivity index (χ1n) is 6.41. The maximum absolute atomic E-state index is 5.41. The number of aromatic nitrogens is 3. The number of rotatable bonds is 3. The van der Waals surface area contributed by atoms with Crippen molar-refractivity contribution in [1.82, 2.24) is 20.1 Å². The molecule has 96 valence electrons. The van der Waals surface area contributed by atoms with Gasteiger partial charge in [-0.05, 0) is 37.4 Å². The quantitative estimate of drug-likeness (QED) is 0.897. The molecule has 18 heavy (non-hydrogen) atoms. The van der Waals surface area contributed by atoms with Crippen LogP contribution in [0.25, 0.3) is 0 Å². The third kappa shape index (κ3) is 2.06. The van der Waals surface area contributed by atoms with E-state index in [1.165, 1.54) is 30.4 Å². The van der Waals surface area contributed by atoms with Gasteiger partial charge in [-0.3, -0.25) is 0 Å². The predicted octanol–water partition coefficient (Wildman–Crippen LogP) is 1.82. The molecule has 2 heterocycles. The third-order valence-corrected chi connectivity index (χ3v) is 3.55. The van der Waals surface area contributed by atoms with Crippen LogP contribution in [0.15, 0.2) is 16.8 Å². The fourth-order valence-corrected chi connectivity index (χ4v) is 2.70. The van der Waals surface area contributed by atoms with Gasteiger partial charge < -0.3 is 14.3 Å². The fraction of sp³-hybridized carbons (Fsp3) is 0.538. The Morgan fingerprint density at radius 2 is 2.33 bits per heavy atom. The van der Waals surface area contributed by atoms with E-state index in [0.29, 0.717) is 24.4 Å². The maximum Gasteiger partial charge on any atom is 0.236 e. The normalized spacial score (nSPS) is 18.9. The molecule has 0 amide bonds. The van der Waals surface area contributed by atoms with E-state index in [1.807, 2.05) is 14.0 Å². The highest BCUT2D eigenvalue weighted by molar-refractivity contribution is 5.30. The van der Waals surface area contributed by atoms with E-state index in [1.54, 1.807) is 0 Å². The first-order chi connectivity index (χ1) is 8.76. The highest BCUT2D eigenvalue weighted by Crippen LogP contribution is 2.30. The number of aryl methyl sites for hydroxylation is 2. The Labute approximate surface area is 106 Å². The first kappa shape index (κ1) is 11.5. The van der Waals surface area contributed by atoms with Gasteiger partial charge in [-0.25, -0.2) is 0 Å². The van der Waals surface area contributed by atoms with E-state index in [-0.39, 0.29) is 0 Å². The lowest BCUT2D eigenvalue weighted by atomic mass is 9.91. The lowest BCUT2D eigenvalue weighted by Gasteiger charge is -2.21. The molecule has 3 rings (SSSR count). The molecule has 1 N–H and O–H groups in total. The van der Waals surface area contributed by atoms with Gasteiger partial charge in [-0.15, -0.1) is 10.2 Å². The highest BCUT2D eigenvalue weighted by atomic mass is 16.4. The summed E-state index contributed by atoms with van der Waals surface area (Å²) in [6, 6.07) is 0.486. The van der Waals surface area contributed by atoms with Crippen LogP contribution in [-0.2, 0) is 13.0 Å². The predicted molar refractivity (Wildman–Crippen MR) is 67.3 cm³/mol. The number of fused-ring (bicyclic) bond motifs is 1. The number of nitrogens with one attached hydrogen (secondary N) is 1. The van der Waals surface area contributed by atoms with Gasteiger partial charge in [-0.2, -0.15) is 0 Å². The lowest BCUT2D eigenvalue weighted by Crippen LogP contribution is -2.20. The van der Waals surface area contributed by atoms with Gasteiger partial charge >= 0.3 is 0 Å². The number of hydrogen-bond acceptors (Lipinski definition) is 4. The molecule has 0 aliphatic heterocycles. The van der Waals surface area contributed by atoms with Crippen molar-refractivity contribution in [3.05, 3.63) is 35.3 Å². The van der Waals surface area contributed by atoms with E-state index in [4.69, 9.17) is 4.42 Å². The lowest BCUT2D eigenvalue weighted by molar-refractivity contribution is 0.454. The fourth-order valence-electron chi connectivity index (χ4n) is 2.70. The molecule has 5 nitrogen and oxygen atoms in total. The second kappa shape index (κ2) is 4.57. The Morgan fingerprint density at radius 1 is 1.44 bits per heavy atom. The molecule has 0 radical (unpaired) electrons. The summed E-state index contributed by atoms with van der Waals surface area (Å²) in [4.78, 5) is 0. The molecule has 5 heteroatoms. The number of nitrogens with zero attached hydrogens (tertiary/aromatic N) is 3. The highest BCUT2D eigenvalue weighted by Gasteiger charge is 2.20. The molecular formula is C13H18N4O. The van der Waals surface area contributed by atoms with E-state index in [2.05, 4.69) is 32.5 Å². The first-order valence-corrected chi connectivity index (χ1v) is 6.41. The molecule has 2 aromatic heterocycles. The van der Waals surface area contributed by atoms with Crippen LogP contribution >= 0.6 is 0 Å². The molecule has 1 aliphatic carbocycles. The summed E-state index contributed by atoms with van der Waals surface area (Å²) in [6.07, 6.45) is 8.05. The van der Waals surface area contributed by atoms with E-state index < -0.39 is 0 Å². The summed E-state index contributed by atoms with van der Waals surface area (Å²) in [5, 5.41) is 11.3. The van der Waals surface area contributed by atoms with Gasteiger partial charge in [0.1, 0.15) is 6.54 Å². The molecule has 0 saturated heterocycles. The molecule has 2 aromatic rings. The Balaban J connectivity index is 1.84. The van der Waals surface area contributed by atoms with Crippen LogP contribution in [-0.4, -0.2) is 21.8 Å². The van der Waals surface area contributed by atoms with E-state index in [0.717, 1.165) is 0 Å². The molecule has 0 saturated carbocycles. The van der Waals surface area contributed by atoms with Crippen LogP contribution < -0.4 is 5.32 Å². The van der Waals surface area contributed by atoms with Crippen LogP contribution in [0.1, 0.15) is 41.8 Å². The Kier molecular flexibility index (Phi) is 2.91. The van der Waals surface area contributed by atoms with Gasteiger partial charge in [0.05, 0.1) is 0 Å².